The van der Waals surface area contributed by atoms with Crippen molar-refractivity contribution in [3.05, 3.63) is 71.6 Å². The molecule has 1 heterocycles. The van der Waals surface area contributed by atoms with Crippen LogP contribution in [0.2, 0.25) is 0 Å². The molecule has 158 valence electrons. The zero-order valence-electron chi connectivity index (χ0n) is 16.6. The van der Waals surface area contributed by atoms with Crippen molar-refractivity contribution in [2.24, 2.45) is 7.05 Å². The van der Waals surface area contributed by atoms with E-state index in [1.165, 1.54) is 17.8 Å². The van der Waals surface area contributed by atoms with Gasteiger partial charge in [-0.05, 0) is 31.0 Å². The van der Waals surface area contributed by atoms with E-state index < -0.39 is 17.7 Å². The molecular formula is C21H22F2N4O2S. The second-order valence-electron chi connectivity index (χ2n) is 6.61. The maximum Gasteiger partial charge on any atom is 0.230 e. The number of carbonyl (C=O) groups excluding carboxylic acids is 1. The van der Waals surface area contributed by atoms with Crippen molar-refractivity contribution in [2.75, 3.05) is 12.3 Å². The van der Waals surface area contributed by atoms with Crippen molar-refractivity contribution in [1.82, 2.24) is 20.1 Å². The van der Waals surface area contributed by atoms with Crippen LogP contribution < -0.4 is 10.1 Å². The van der Waals surface area contributed by atoms with Crippen LogP contribution in [-0.4, -0.2) is 33.0 Å². The lowest BCUT2D eigenvalue weighted by Gasteiger charge is -2.14. The van der Waals surface area contributed by atoms with Gasteiger partial charge in [-0.25, -0.2) is 8.78 Å². The number of benzene rings is 2. The molecule has 3 aromatic rings. The maximum absolute atomic E-state index is 13.8. The molecular weight excluding hydrogens is 410 g/mol. The van der Waals surface area contributed by atoms with Crippen LogP contribution >= 0.6 is 11.8 Å². The number of thioether (sulfide) groups is 1. The van der Waals surface area contributed by atoms with E-state index in [0.29, 0.717) is 17.5 Å². The van der Waals surface area contributed by atoms with E-state index in [0.717, 1.165) is 24.1 Å². The molecule has 9 heteroatoms. The summed E-state index contributed by atoms with van der Waals surface area (Å²) in [4.78, 5) is 12.1. The number of rotatable bonds is 9. The van der Waals surface area contributed by atoms with E-state index in [1.807, 2.05) is 30.3 Å². The van der Waals surface area contributed by atoms with Crippen molar-refractivity contribution in [3.8, 4) is 5.75 Å². The predicted molar refractivity (Wildman–Crippen MR) is 110 cm³/mol. The highest BCUT2D eigenvalue weighted by Crippen LogP contribution is 2.25. The first kappa shape index (κ1) is 21.8. The van der Waals surface area contributed by atoms with E-state index in [-0.39, 0.29) is 17.4 Å². The van der Waals surface area contributed by atoms with Crippen LogP contribution in [0.5, 0.6) is 5.75 Å². The van der Waals surface area contributed by atoms with Crippen LogP contribution in [0.3, 0.4) is 0 Å². The molecule has 0 spiro atoms. The summed E-state index contributed by atoms with van der Waals surface area (Å²) in [6.07, 6.45) is 0.150. The quantitative estimate of drug-likeness (QED) is 0.523. The van der Waals surface area contributed by atoms with E-state index in [1.54, 1.807) is 18.5 Å². The van der Waals surface area contributed by atoms with Gasteiger partial charge in [-0.3, -0.25) is 4.79 Å². The molecule has 0 fully saturated rings. The summed E-state index contributed by atoms with van der Waals surface area (Å²) in [6.45, 7) is 2.25. The van der Waals surface area contributed by atoms with Crippen LogP contribution in [-0.2, 0) is 18.3 Å². The fraction of sp³-hybridized carbons (Fsp3) is 0.286. The Kier molecular flexibility index (Phi) is 7.40. The summed E-state index contributed by atoms with van der Waals surface area (Å²) in [5, 5.41) is 11.6. The third-order valence-corrected chi connectivity index (χ3v) is 5.36. The fourth-order valence-corrected chi connectivity index (χ4v) is 3.54. The van der Waals surface area contributed by atoms with Crippen LogP contribution in [0.25, 0.3) is 0 Å². The van der Waals surface area contributed by atoms with E-state index >= 15 is 0 Å². The summed E-state index contributed by atoms with van der Waals surface area (Å²) in [5.74, 6) is -0.969. The topological polar surface area (TPSA) is 69.0 Å². The molecule has 3 rings (SSSR count). The highest BCUT2D eigenvalue weighted by atomic mass is 32.2. The Hall–Kier alpha value is -2.94. The third-order valence-electron chi connectivity index (χ3n) is 4.34. The number of aromatic nitrogens is 3. The first-order valence-corrected chi connectivity index (χ1v) is 10.4. The summed E-state index contributed by atoms with van der Waals surface area (Å²) < 4.78 is 34.1. The summed E-state index contributed by atoms with van der Waals surface area (Å²) >= 11 is 1.25. The molecule has 0 aliphatic heterocycles. The minimum Gasteiger partial charge on any atom is -0.480 e. The number of halogens is 2. The highest BCUT2D eigenvalue weighted by Gasteiger charge is 2.19. The second-order valence-corrected chi connectivity index (χ2v) is 7.55. The monoisotopic (exact) mass is 432 g/mol. The van der Waals surface area contributed by atoms with Gasteiger partial charge in [-0.15, -0.1) is 10.2 Å². The molecule has 2 aromatic carbocycles. The lowest BCUT2D eigenvalue weighted by Crippen LogP contribution is -2.27. The zero-order valence-corrected chi connectivity index (χ0v) is 17.5. The van der Waals surface area contributed by atoms with Gasteiger partial charge in [0, 0.05) is 19.7 Å². The van der Waals surface area contributed by atoms with E-state index in [2.05, 4.69) is 15.5 Å². The minimum absolute atomic E-state index is 0.0705. The van der Waals surface area contributed by atoms with Crippen molar-refractivity contribution in [1.29, 1.82) is 0 Å². The predicted octanol–water partition coefficient (Wildman–Crippen LogP) is 3.68. The molecule has 30 heavy (non-hydrogen) atoms. The lowest BCUT2D eigenvalue weighted by molar-refractivity contribution is -0.118. The van der Waals surface area contributed by atoms with Crippen molar-refractivity contribution >= 4 is 17.7 Å². The Bertz CT molecular complexity index is 998. The van der Waals surface area contributed by atoms with Gasteiger partial charge in [0.1, 0.15) is 5.82 Å². The van der Waals surface area contributed by atoms with Crippen LogP contribution in [0.1, 0.15) is 24.4 Å². The number of hydrogen-bond donors (Lipinski definition) is 1. The molecule has 1 unspecified atom stereocenters. The maximum atomic E-state index is 13.8. The number of nitrogens with one attached hydrogen (secondary N) is 1. The van der Waals surface area contributed by atoms with Crippen LogP contribution in [0, 0.1) is 11.6 Å². The molecule has 0 aliphatic rings. The Balaban J connectivity index is 1.50. The standard InChI is InChI=1S/C21H22F2N4O2S/c1-14(29-18-9-8-16(22)12-17(18)23)20-25-26-21(27(20)2)30-13-19(28)24-11-10-15-6-4-3-5-7-15/h3-9,12,14H,10-11,13H2,1-2H3,(H,24,28). The molecule has 0 saturated carbocycles. The normalized spacial score (nSPS) is 11.9. The summed E-state index contributed by atoms with van der Waals surface area (Å²) in [7, 11) is 1.74. The Labute approximate surface area is 177 Å². The van der Waals surface area contributed by atoms with Gasteiger partial charge in [-0.2, -0.15) is 0 Å². The largest absolute Gasteiger partial charge is 0.480 e. The molecule has 1 atom stereocenters. The van der Waals surface area contributed by atoms with Crippen LogP contribution in [0.15, 0.2) is 53.7 Å². The average Bonchev–Trinajstić information content (AvgIpc) is 3.10. The molecule has 1 N–H and O–H groups in total. The number of hydrogen-bond acceptors (Lipinski definition) is 5. The Morgan fingerprint density at radius 1 is 1.20 bits per heavy atom. The Morgan fingerprint density at radius 3 is 2.70 bits per heavy atom. The van der Waals surface area contributed by atoms with Crippen molar-refractivity contribution < 1.29 is 18.3 Å². The van der Waals surface area contributed by atoms with Gasteiger partial charge >= 0.3 is 0 Å². The molecule has 0 aliphatic carbocycles. The van der Waals surface area contributed by atoms with E-state index in [9.17, 15) is 13.6 Å². The number of amides is 1. The highest BCUT2D eigenvalue weighted by molar-refractivity contribution is 7.99. The number of nitrogens with zero attached hydrogens (tertiary/aromatic N) is 3. The van der Waals surface area contributed by atoms with Gasteiger partial charge in [0.05, 0.1) is 5.75 Å². The lowest BCUT2D eigenvalue weighted by atomic mass is 10.1. The van der Waals surface area contributed by atoms with Gasteiger partial charge in [0.15, 0.2) is 28.7 Å². The van der Waals surface area contributed by atoms with Crippen molar-refractivity contribution in [2.45, 2.75) is 24.6 Å². The fourth-order valence-electron chi connectivity index (χ4n) is 2.79. The molecule has 0 bridgehead atoms. The third kappa shape index (κ3) is 5.79. The first-order valence-electron chi connectivity index (χ1n) is 9.38. The molecule has 1 aromatic heterocycles. The average molecular weight is 432 g/mol. The number of carbonyl (C=O) groups is 1. The summed E-state index contributed by atoms with van der Waals surface area (Å²) in [6, 6.07) is 13.0. The molecule has 0 saturated heterocycles. The molecule has 6 nitrogen and oxygen atoms in total. The first-order chi connectivity index (χ1) is 14.4. The summed E-state index contributed by atoms with van der Waals surface area (Å²) in [5.41, 5.74) is 1.16. The van der Waals surface area contributed by atoms with Gasteiger partial charge in [0.2, 0.25) is 5.91 Å². The number of ether oxygens (including phenoxy) is 1. The van der Waals surface area contributed by atoms with Gasteiger partial charge in [-0.1, -0.05) is 42.1 Å². The van der Waals surface area contributed by atoms with E-state index in [4.69, 9.17) is 4.74 Å². The zero-order chi connectivity index (χ0) is 21.5. The minimum atomic E-state index is -0.786. The molecule has 0 radical (unpaired) electrons. The molecule has 1 amide bonds. The van der Waals surface area contributed by atoms with Gasteiger partial charge in [0.25, 0.3) is 0 Å². The van der Waals surface area contributed by atoms with Gasteiger partial charge < -0.3 is 14.6 Å². The van der Waals surface area contributed by atoms with Crippen LogP contribution in [0.4, 0.5) is 8.78 Å². The Morgan fingerprint density at radius 2 is 1.97 bits per heavy atom. The second kappa shape index (κ2) is 10.2. The smallest absolute Gasteiger partial charge is 0.230 e. The van der Waals surface area contributed by atoms with Crippen molar-refractivity contribution in [3.63, 3.8) is 0 Å². The SMILES string of the molecule is CC(Oc1ccc(F)cc1F)c1nnc(SCC(=O)NCCc2ccccc2)n1C.